The number of aromatic amines is 1. The lowest BCUT2D eigenvalue weighted by atomic mass is 10.1. The van der Waals surface area contributed by atoms with Gasteiger partial charge < -0.3 is 19.9 Å². The van der Waals surface area contributed by atoms with Crippen molar-refractivity contribution in [2.75, 3.05) is 13.2 Å². The second-order valence-electron chi connectivity index (χ2n) is 8.46. The Balaban J connectivity index is 1.45. The number of ether oxygens (including phenoxy) is 1. The molecule has 2 N–H and O–H groups in total. The van der Waals surface area contributed by atoms with Gasteiger partial charge in [0.25, 0.3) is 5.91 Å². The van der Waals surface area contributed by atoms with E-state index < -0.39 is 6.04 Å². The topological polar surface area (TPSA) is 74.4 Å². The molecule has 1 fully saturated rings. The van der Waals surface area contributed by atoms with Gasteiger partial charge in [-0.05, 0) is 53.4 Å². The van der Waals surface area contributed by atoms with Gasteiger partial charge >= 0.3 is 0 Å². The van der Waals surface area contributed by atoms with Crippen molar-refractivity contribution in [1.82, 2.24) is 15.2 Å². The van der Waals surface area contributed by atoms with Crippen LogP contribution in [0, 0.1) is 0 Å². The van der Waals surface area contributed by atoms with Gasteiger partial charge in [-0.1, -0.05) is 42.5 Å². The van der Waals surface area contributed by atoms with Crippen LogP contribution in [-0.4, -0.2) is 41.0 Å². The molecule has 0 aliphatic carbocycles. The van der Waals surface area contributed by atoms with Gasteiger partial charge in [0.1, 0.15) is 11.7 Å². The first kappa shape index (κ1) is 23.5. The van der Waals surface area contributed by atoms with Gasteiger partial charge in [-0.3, -0.25) is 9.59 Å². The lowest BCUT2D eigenvalue weighted by Gasteiger charge is -2.30. The third kappa shape index (κ3) is 5.56. The minimum absolute atomic E-state index is 0.0289. The number of rotatable bonds is 9. The normalized spacial score (nSPS) is 16.2. The van der Waals surface area contributed by atoms with E-state index in [1.54, 1.807) is 22.3 Å². The average molecular weight is 506 g/mol. The molecule has 0 unspecified atom stereocenters. The summed E-state index contributed by atoms with van der Waals surface area (Å²) in [4.78, 5) is 34.3. The zero-order valence-corrected chi connectivity index (χ0v) is 20.8. The van der Waals surface area contributed by atoms with Crippen molar-refractivity contribution in [3.8, 4) is 11.3 Å². The summed E-state index contributed by atoms with van der Waals surface area (Å²) in [6, 6.07) is 20.6. The minimum Gasteiger partial charge on any atom is -0.376 e. The van der Waals surface area contributed by atoms with Gasteiger partial charge in [-0.25, -0.2) is 0 Å². The van der Waals surface area contributed by atoms with Crippen molar-refractivity contribution in [3.63, 3.8) is 0 Å². The highest BCUT2D eigenvalue weighted by Crippen LogP contribution is 2.30. The fourth-order valence-corrected chi connectivity index (χ4v) is 5.84. The first-order valence-electron chi connectivity index (χ1n) is 11.7. The summed E-state index contributed by atoms with van der Waals surface area (Å²) in [5, 5.41) is 6.97. The lowest BCUT2D eigenvalue weighted by molar-refractivity contribution is -0.126. The first-order chi connectivity index (χ1) is 17.2. The van der Waals surface area contributed by atoms with Crippen LogP contribution in [0.1, 0.15) is 39.1 Å². The zero-order chi connectivity index (χ0) is 24.0. The van der Waals surface area contributed by atoms with Crippen molar-refractivity contribution in [3.05, 3.63) is 92.9 Å². The van der Waals surface area contributed by atoms with E-state index in [4.69, 9.17) is 4.74 Å². The maximum atomic E-state index is 13.9. The first-order valence-corrected chi connectivity index (χ1v) is 13.5. The highest BCUT2D eigenvalue weighted by molar-refractivity contribution is 7.10. The number of benzene rings is 1. The zero-order valence-electron chi connectivity index (χ0n) is 19.2. The molecule has 1 aliphatic heterocycles. The molecule has 8 heteroatoms. The number of aromatic nitrogens is 1. The molecule has 1 saturated heterocycles. The van der Waals surface area contributed by atoms with Crippen LogP contribution >= 0.6 is 22.7 Å². The number of carbonyl (C=O) groups is 2. The van der Waals surface area contributed by atoms with E-state index in [1.807, 2.05) is 71.4 Å². The largest absolute Gasteiger partial charge is 0.376 e. The third-order valence-electron chi connectivity index (χ3n) is 6.07. The van der Waals surface area contributed by atoms with E-state index in [0.29, 0.717) is 18.8 Å². The summed E-state index contributed by atoms with van der Waals surface area (Å²) in [6.45, 7) is 1.52. The van der Waals surface area contributed by atoms with E-state index in [9.17, 15) is 9.59 Å². The van der Waals surface area contributed by atoms with Crippen molar-refractivity contribution in [2.45, 2.75) is 31.5 Å². The molecular formula is C27H27N3O3S2. The Kier molecular flexibility index (Phi) is 7.42. The number of thiophene rings is 2. The van der Waals surface area contributed by atoms with Crippen molar-refractivity contribution < 1.29 is 14.3 Å². The van der Waals surface area contributed by atoms with E-state index in [1.165, 1.54) is 11.3 Å². The van der Waals surface area contributed by atoms with Gasteiger partial charge in [-0.15, -0.1) is 22.7 Å². The molecule has 4 heterocycles. The summed E-state index contributed by atoms with van der Waals surface area (Å²) in [6.07, 6.45) is 1.97. The van der Waals surface area contributed by atoms with E-state index >= 15 is 0 Å². The van der Waals surface area contributed by atoms with Gasteiger partial charge in [0.05, 0.1) is 12.6 Å². The third-order valence-corrected chi connectivity index (χ3v) is 7.85. The molecule has 1 aliphatic rings. The van der Waals surface area contributed by atoms with Gasteiger partial charge in [0, 0.05) is 28.6 Å². The van der Waals surface area contributed by atoms with Crippen LogP contribution in [0.2, 0.25) is 0 Å². The molecule has 0 radical (unpaired) electrons. The SMILES string of the molecule is O=C(NC[C@H]1CCCO1)[C@H](c1cccs1)N(Cc1cccs1)C(=O)c1ccc(-c2ccccc2)[nH]1. The highest BCUT2D eigenvalue weighted by atomic mass is 32.1. The molecular weight excluding hydrogens is 478 g/mol. The fourth-order valence-electron chi connectivity index (χ4n) is 4.30. The summed E-state index contributed by atoms with van der Waals surface area (Å²) >= 11 is 3.05. The molecule has 0 bridgehead atoms. The summed E-state index contributed by atoms with van der Waals surface area (Å²) < 4.78 is 5.69. The number of hydrogen-bond donors (Lipinski definition) is 2. The van der Waals surface area contributed by atoms with Crippen LogP contribution in [-0.2, 0) is 16.1 Å². The van der Waals surface area contributed by atoms with E-state index in [2.05, 4.69) is 10.3 Å². The maximum Gasteiger partial charge on any atom is 0.271 e. The van der Waals surface area contributed by atoms with Crippen molar-refractivity contribution in [2.24, 2.45) is 0 Å². The Morgan fingerprint density at radius 3 is 2.57 bits per heavy atom. The average Bonchev–Trinajstić information content (AvgIpc) is 3.71. The molecule has 2 amide bonds. The summed E-state index contributed by atoms with van der Waals surface area (Å²) in [5.74, 6) is -0.408. The Labute approximate surface area is 212 Å². The summed E-state index contributed by atoms with van der Waals surface area (Å²) in [7, 11) is 0. The number of H-pyrrole nitrogens is 1. The van der Waals surface area contributed by atoms with Crippen LogP contribution in [0.25, 0.3) is 11.3 Å². The van der Waals surface area contributed by atoms with Crippen LogP contribution in [0.15, 0.2) is 77.5 Å². The van der Waals surface area contributed by atoms with Gasteiger partial charge in [0.15, 0.2) is 0 Å². The molecule has 180 valence electrons. The Bertz CT molecular complexity index is 1230. The maximum absolute atomic E-state index is 13.9. The van der Waals surface area contributed by atoms with Crippen LogP contribution in [0.4, 0.5) is 0 Å². The Morgan fingerprint density at radius 1 is 1.03 bits per heavy atom. The molecule has 0 saturated carbocycles. The second-order valence-corrected chi connectivity index (χ2v) is 10.5. The predicted octanol–water partition coefficient (Wildman–Crippen LogP) is 5.48. The van der Waals surface area contributed by atoms with Crippen LogP contribution < -0.4 is 5.32 Å². The standard InChI is InChI=1S/C27H27N3O3S2/c31-26(28-17-20-9-4-14-33-20)25(24-11-6-16-35-24)30(18-21-10-5-15-34-21)27(32)23-13-12-22(29-23)19-7-2-1-3-8-19/h1-3,5-8,10-13,15-16,20,25,29H,4,9,14,17-18H2,(H,28,31)/t20-,25+/m1/s1. The molecule has 0 spiro atoms. The summed E-state index contributed by atoms with van der Waals surface area (Å²) in [5.41, 5.74) is 2.31. The number of amides is 2. The lowest BCUT2D eigenvalue weighted by Crippen LogP contribution is -2.44. The van der Waals surface area contributed by atoms with Crippen molar-refractivity contribution >= 4 is 34.5 Å². The second kappa shape index (κ2) is 11.0. The molecule has 2 atom stereocenters. The highest BCUT2D eigenvalue weighted by Gasteiger charge is 2.34. The Morgan fingerprint density at radius 2 is 1.86 bits per heavy atom. The minimum atomic E-state index is -0.741. The quantitative estimate of drug-likeness (QED) is 0.316. The van der Waals surface area contributed by atoms with Crippen molar-refractivity contribution in [1.29, 1.82) is 0 Å². The fraction of sp³-hybridized carbons (Fsp3) is 0.259. The van der Waals surface area contributed by atoms with Crippen LogP contribution in [0.5, 0.6) is 0 Å². The Hall–Kier alpha value is -3.20. The van der Waals surface area contributed by atoms with E-state index in [0.717, 1.165) is 40.5 Å². The van der Waals surface area contributed by atoms with Crippen LogP contribution in [0.3, 0.4) is 0 Å². The molecule has 1 aromatic carbocycles. The molecule has 3 aromatic heterocycles. The molecule has 35 heavy (non-hydrogen) atoms. The smallest absolute Gasteiger partial charge is 0.271 e. The predicted molar refractivity (Wildman–Crippen MR) is 139 cm³/mol. The number of carbonyl (C=O) groups excluding carboxylic acids is 2. The number of nitrogens with one attached hydrogen (secondary N) is 2. The van der Waals surface area contributed by atoms with Gasteiger partial charge in [0.2, 0.25) is 5.91 Å². The molecule has 6 nitrogen and oxygen atoms in total. The number of nitrogens with zero attached hydrogens (tertiary/aromatic N) is 1. The molecule has 5 rings (SSSR count). The monoisotopic (exact) mass is 505 g/mol. The number of hydrogen-bond acceptors (Lipinski definition) is 5. The molecule has 4 aromatic rings. The van der Waals surface area contributed by atoms with Gasteiger partial charge in [-0.2, -0.15) is 0 Å². The van der Waals surface area contributed by atoms with E-state index in [-0.39, 0.29) is 17.9 Å².